The third-order valence-electron chi connectivity index (χ3n) is 5.02. The highest BCUT2D eigenvalue weighted by Gasteiger charge is 2.26. The van der Waals surface area contributed by atoms with E-state index in [9.17, 15) is 9.59 Å². The van der Waals surface area contributed by atoms with Crippen LogP contribution in [0.1, 0.15) is 25.8 Å². The second kappa shape index (κ2) is 8.41. The zero-order valence-electron chi connectivity index (χ0n) is 16.5. The Hall–Kier alpha value is -2.98. The van der Waals surface area contributed by atoms with Crippen LogP contribution in [-0.4, -0.2) is 40.2 Å². The first-order valence-corrected chi connectivity index (χ1v) is 10.8. The number of H-pyrrole nitrogens is 1. The lowest BCUT2D eigenvalue weighted by Crippen LogP contribution is -2.26. The molecule has 1 saturated heterocycles. The van der Waals surface area contributed by atoms with Crippen LogP contribution in [0.15, 0.2) is 35.7 Å². The summed E-state index contributed by atoms with van der Waals surface area (Å²) in [5.74, 6) is 1.02. The lowest BCUT2D eigenvalue weighted by Gasteiger charge is -2.21. The zero-order chi connectivity index (χ0) is 21.3. The summed E-state index contributed by atoms with van der Waals surface area (Å²) in [5.41, 5.74) is 1.24. The van der Waals surface area contributed by atoms with Gasteiger partial charge in [-0.05, 0) is 55.2 Å². The Morgan fingerprint density at radius 2 is 2.23 bits per heavy atom. The van der Waals surface area contributed by atoms with Crippen LogP contribution in [0.3, 0.4) is 0 Å². The lowest BCUT2D eigenvalue weighted by molar-refractivity contribution is -0.119. The van der Waals surface area contributed by atoms with Crippen molar-refractivity contribution < 1.29 is 14.3 Å². The number of aromatic amines is 1. The summed E-state index contributed by atoms with van der Waals surface area (Å²) >= 11 is 6.88. The molecule has 1 atom stereocenters. The van der Waals surface area contributed by atoms with Crippen LogP contribution in [0.4, 0.5) is 11.4 Å². The van der Waals surface area contributed by atoms with Crippen LogP contribution in [0.25, 0.3) is 10.7 Å². The van der Waals surface area contributed by atoms with Gasteiger partial charge in [-0.2, -0.15) is 5.10 Å². The molecule has 1 aromatic carbocycles. The maximum Gasteiger partial charge on any atom is 0.247 e. The highest BCUT2D eigenvalue weighted by atomic mass is 32.1. The molecule has 4 rings (SSSR count). The van der Waals surface area contributed by atoms with E-state index in [2.05, 4.69) is 15.5 Å². The van der Waals surface area contributed by atoms with Crippen molar-refractivity contribution in [1.29, 1.82) is 0 Å². The van der Waals surface area contributed by atoms with Crippen molar-refractivity contribution in [2.75, 3.05) is 23.9 Å². The summed E-state index contributed by atoms with van der Waals surface area (Å²) < 4.78 is 7.48. The Kier molecular flexibility index (Phi) is 5.69. The van der Waals surface area contributed by atoms with Crippen LogP contribution in [-0.2, 0) is 9.59 Å². The molecule has 10 heteroatoms. The van der Waals surface area contributed by atoms with Crippen molar-refractivity contribution in [2.45, 2.75) is 25.8 Å². The highest BCUT2D eigenvalue weighted by Crippen LogP contribution is 2.34. The van der Waals surface area contributed by atoms with Crippen LogP contribution < -0.4 is 15.0 Å². The van der Waals surface area contributed by atoms with Crippen molar-refractivity contribution in [3.8, 4) is 16.5 Å². The minimum atomic E-state index is -0.590. The van der Waals surface area contributed by atoms with E-state index in [1.54, 1.807) is 41.7 Å². The molecule has 0 radical (unpaired) electrons. The number of anilines is 2. The first-order valence-electron chi connectivity index (χ1n) is 9.49. The summed E-state index contributed by atoms with van der Waals surface area (Å²) in [4.78, 5) is 27.8. The van der Waals surface area contributed by atoms with E-state index in [0.29, 0.717) is 40.7 Å². The maximum atomic E-state index is 13.0. The van der Waals surface area contributed by atoms with Gasteiger partial charge >= 0.3 is 0 Å². The second-order valence-electron chi connectivity index (χ2n) is 6.90. The minimum Gasteiger partial charge on any atom is -0.495 e. The number of thiophene rings is 1. The number of ether oxygens (including phenoxy) is 1. The molecule has 8 nitrogen and oxygen atoms in total. The molecule has 3 aromatic rings. The first kappa shape index (κ1) is 20.3. The molecule has 3 heterocycles. The van der Waals surface area contributed by atoms with Crippen LogP contribution in [0.2, 0.25) is 0 Å². The number of nitrogens with zero attached hydrogens (tertiary/aromatic N) is 3. The third kappa shape index (κ3) is 3.75. The number of aromatic nitrogens is 3. The largest absolute Gasteiger partial charge is 0.495 e. The zero-order valence-corrected chi connectivity index (χ0v) is 18.2. The average molecular weight is 444 g/mol. The fraction of sp³-hybridized carbons (Fsp3) is 0.300. The lowest BCUT2D eigenvalue weighted by atomic mass is 10.2. The molecule has 0 saturated carbocycles. The average Bonchev–Trinajstić information content (AvgIpc) is 3.48. The van der Waals surface area contributed by atoms with Crippen molar-refractivity contribution in [3.05, 3.63) is 40.5 Å². The maximum absolute atomic E-state index is 13.0. The molecule has 2 amide bonds. The van der Waals surface area contributed by atoms with Gasteiger partial charge in [0.05, 0.1) is 17.7 Å². The third-order valence-corrected chi connectivity index (χ3v) is 6.18. The molecule has 2 N–H and O–H groups in total. The molecule has 1 fully saturated rings. The smallest absolute Gasteiger partial charge is 0.247 e. The summed E-state index contributed by atoms with van der Waals surface area (Å²) in [6.45, 7) is 2.41. The Bertz CT molecular complexity index is 1140. The van der Waals surface area contributed by atoms with E-state index in [1.807, 2.05) is 17.5 Å². The van der Waals surface area contributed by atoms with Gasteiger partial charge in [-0.25, -0.2) is 0 Å². The highest BCUT2D eigenvalue weighted by molar-refractivity contribution is 7.71. The quantitative estimate of drug-likeness (QED) is 0.562. The van der Waals surface area contributed by atoms with Gasteiger partial charge in [-0.3, -0.25) is 19.3 Å². The summed E-state index contributed by atoms with van der Waals surface area (Å²) in [6.07, 6.45) is 1.32. The summed E-state index contributed by atoms with van der Waals surface area (Å²) in [7, 11) is 1.56. The number of rotatable bonds is 6. The van der Waals surface area contributed by atoms with Crippen molar-refractivity contribution in [3.63, 3.8) is 0 Å². The number of amides is 2. The molecule has 2 aromatic heterocycles. The molecule has 0 bridgehead atoms. The number of methoxy groups -OCH3 is 1. The van der Waals surface area contributed by atoms with Crippen LogP contribution >= 0.6 is 23.6 Å². The van der Waals surface area contributed by atoms with Crippen molar-refractivity contribution in [2.24, 2.45) is 0 Å². The number of carbonyl (C=O) groups is 2. The second-order valence-corrected chi connectivity index (χ2v) is 8.23. The van der Waals surface area contributed by atoms with E-state index < -0.39 is 6.04 Å². The molecule has 0 aliphatic carbocycles. The number of hydrogen-bond acceptors (Lipinski definition) is 6. The van der Waals surface area contributed by atoms with Gasteiger partial charge in [0.15, 0.2) is 10.6 Å². The van der Waals surface area contributed by atoms with E-state index in [1.165, 1.54) is 11.3 Å². The van der Waals surface area contributed by atoms with E-state index in [-0.39, 0.29) is 11.8 Å². The number of hydrogen-bond donors (Lipinski definition) is 2. The standard InChI is InChI=1S/C20H21N5O3S2/c1-12(25-18(22-23-20(25)29)16-5-4-10-30-16)19(27)21-13-7-8-15(28-2)14(11-13)24-9-3-6-17(24)26/h4-5,7-8,10-12H,3,6,9H2,1-2H3,(H,21,27)(H,23,29). The number of carbonyl (C=O) groups excluding carboxylic acids is 2. The SMILES string of the molecule is COc1ccc(NC(=O)C(C)n2c(-c3cccs3)n[nH]c2=S)cc1N1CCCC1=O. The Morgan fingerprint density at radius 3 is 2.90 bits per heavy atom. The van der Waals surface area contributed by atoms with E-state index in [0.717, 1.165) is 11.3 Å². The van der Waals surface area contributed by atoms with Gasteiger partial charge in [0, 0.05) is 18.7 Å². The van der Waals surface area contributed by atoms with Gasteiger partial charge in [0.2, 0.25) is 11.8 Å². The number of nitrogens with one attached hydrogen (secondary N) is 2. The molecule has 0 spiro atoms. The fourth-order valence-corrected chi connectivity index (χ4v) is 4.49. The van der Waals surface area contributed by atoms with E-state index >= 15 is 0 Å². The van der Waals surface area contributed by atoms with Gasteiger partial charge in [0.1, 0.15) is 11.8 Å². The molecule has 156 valence electrons. The molecule has 30 heavy (non-hydrogen) atoms. The van der Waals surface area contributed by atoms with Crippen LogP contribution in [0, 0.1) is 4.77 Å². The van der Waals surface area contributed by atoms with Crippen molar-refractivity contribution in [1.82, 2.24) is 14.8 Å². The summed E-state index contributed by atoms with van der Waals surface area (Å²) in [6, 6.07) is 8.53. The van der Waals surface area contributed by atoms with Crippen LogP contribution in [0.5, 0.6) is 5.75 Å². The Morgan fingerprint density at radius 1 is 1.40 bits per heavy atom. The Balaban J connectivity index is 1.60. The van der Waals surface area contributed by atoms with E-state index in [4.69, 9.17) is 17.0 Å². The molecular weight excluding hydrogens is 422 g/mol. The molecular formula is C20H21N5O3S2. The van der Waals surface area contributed by atoms with Crippen molar-refractivity contribution >= 4 is 46.7 Å². The predicted octanol–water partition coefficient (Wildman–Crippen LogP) is 4.00. The topological polar surface area (TPSA) is 92.2 Å². The minimum absolute atomic E-state index is 0.0513. The normalized spacial score (nSPS) is 14.7. The molecule has 1 aliphatic rings. The predicted molar refractivity (Wildman–Crippen MR) is 119 cm³/mol. The van der Waals surface area contributed by atoms with Gasteiger partial charge in [0.25, 0.3) is 0 Å². The monoisotopic (exact) mass is 443 g/mol. The first-order chi connectivity index (χ1) is 14.5. The Labute approximate surface area is 182 Å². The fourth-order valence-electron chi connectivity index (χ4n) is 3.49. The molecule has 1 aliphatic heterocycles. The molecule has 1 unspecified atom stereocenters. The number of benzene rings is 1. The van der Waals surface area contributed by atoms with Gasteiger partial charge < -0.3 is 15.0 Å². The van der Waals surface area contributed by atoms with Gasteiger partial charge in [-0.1, -0.05) is 6.07 Å². The summed E-state index contributed by atoms with van der Waals surface area (Å²) in [5, 5.41) is 11.9. The van der Waals surface area contributed by atoms with Gasteiger partial charge in [-0.15, -0.1) is 11.3 Å².